The number of carbonyl (C=O) groups is 2. The molecule has 0 heterocycles. The van der Waals surface area contributed by atoms with E-state index in [4.69, 9.17) is 23.2 Å². The quantitative estimate of drug-likeness (QED) is 0.769. The maximum Gasteiger partial charge on any atom is 0.339 e. The van der Waals surface area contributed by atoms with Gasteiger partial charge in [-0.3, -0.25) is 0 Å². The van der Waals surface area contributed by atoms with Crippen LogP contribution in [0.25, 0.3) is 0 Å². The standard InChI is InChI=1S/C10H8Cl2O4/c1-15-9(13)6-3-5(11)4-7(8(6)12)10(14)16-2/h3-4H,1-2H3. The van der Waals surface area contributed by atoms with E-state index in [0.29, 0.717) is 0 Å². The summed E-state index contributed by atoms with van der Waals surface area (Å²) in [5.41, 5.74) is 0.0501. The Bertz CT molecular complexity index is 405. The van der Waals surface area contributed by atoms with Gasteiger partial charge in [-0.25, -0.2) is 9.59 Å². The van der Waals surface area contributed by atoms with Crippen molar-refractivity contribution in [3.63, 3.8) is 0 Å². The fraction of sp³-hybridized carbons (Fsp3) is 0.200. The molecule has 0 aliphatic heterocycles. The molecule has 0 spiro atoms. The zero-order valence-corrected chi connectivity index (χ0v) is 10.1. The van der Waals surface area contributed by atoms with E-state index in [0.717, 1.165) is 0 Å². The summed E-state index contributed by atoms with van der Waals surface area (Å²) in [5, 5.41) is 0.160. The van der Waals surface area contributed by atoms with Crippen LogP contribution in [-0.2, 0) is 9.47 Å². The van der Waals surface area contributed by atoms with Crippen LogP contribution in [0, 0.1) is 0 Å². The van der Waals surface area contributed by atoms with Crippen LogP contribution >= 0.6 is 23.2 Å². The third-order valence-electron chi connectivity index (χ3n) is 1.85. The smallest absolute Gasteiger partial charge is 0.339 e. The number of carbonyl (C=O) groups excluding carboxylic acids is 2. The van der Waals surface area contributed by atoms with Gasteiger partial charge in [0.05, 0.1) is 30.4 Å². The number of hydrogen-bond donors (Lipinski definition) is 0. The zero-order valence-electron chi connectivity index (χ0n) is 8.54. The Balaban J connectivity index is 3.37. The van der Waals surface area contributed by atoms with Gasteiger partial charge in [0.25, 0.3) is 0 Å². The van der Waals surface area contributed by atoms with E-state index in [2.05, 4.69) is 9.47 Å². The van der Waals surface area contributed by atoms with E-state index in [1.807, 2.05) is 0 Å². The molecule has 0 radical (unpaired) electrons. The van der Waals surface area contributed by atoms with Crippen molar-refractivity contribution in [1.29, 1.82) is 0 Å². The van der Waals surface area contributed by atoms with E-state index in [9.17, 15) is 9.59 Å². The van der Waals surface area contributed by atoms with E-state index < -0.39 is 11.9 Å². The minimum atomic E-state index is -0.669. The Hall–Kier alpha value is -1.26. The molecule has 6 heteroatoms. The first kappa shape index (κ1) is 12.8. The summed E-state index contributed by atoms with van der Waals surface area (Å²) in [5.74, 6) is -1.34. The topological polar surface area (TPSA) is 52.6 Å². The van der Waals surface area contributed by atoms with E-state index >= 15 is 0 Å². The summed E-state index contributed by atoms with van der Waals surface area (Å²) in [6.07, 6.45) is 0. The maximum atomic E-state index is 11.3. The largest absolute Gasteiger partial charge is 0.465 e. The zero-order chi connectivity index (χ0) is 12.3. The number of benzene rings is 1. The van der Waals surface area contributed by atoms with Gasteiger partial charge in [-0.05, 0) is 12.1 Å². The molecule has 0 fully saturated rings. The molecular formula is C10H8Cl2O4. The van der Waals surface area contributed by atoms with Gasteiger partial charge >= 0.3 is 11.9 Å². The first-order valence-electron chi connectivity index (χ1n) is 4.17. The first-order valence-corrected chi connectivity index (χ1v) is 4.92. The van der Waals surface area contributed by atoms with Crippen molar-refractivity contribution in [1.82, 2.24) is 0 Å². The number of halogens is 2. The number of esters is 2. The first-order chi connectivity index (χ1) is 7.51. The van der Waals surface area contributed by atoms with Crippen LogP contribution in [-0.4, -0.2) is 26.2 Å². The fourth-order valence-electron chi connectivity index (χ4n) is 1.11. The predicted octanol–water partition coefficient (Wildman–Crippen LogP) is 2.57. The number of rotatable bonds is 2. The maximum absolute atomic E-state index is 11.3. The number of hydrogen-bond acceptors (Lipinski definition) is 4. The molecule has 0 amide bonds. The summed E-state index contributed by atoms with van der Waals surface area (Å²) in [7, 11) is 2.41. The lowest BCUT2D eigenvalue weighted by atomic mass is 10.1. The minimum Gasteiger partial charge on any atom is -0.465 e. The molecule has 0 aliphatic carbocycles. The van der Waals surface area contributed by atoms with Crippen molar-refractivity contribution >= 4 is 35.1 Å². The van der Waals surface area contributed by atoms with Gasteiger partial charge < -0.3 is 9.47 Å². The van der Waals surface area contributed by atoms with E-state index in [-0.39, 0.29) is 21.2 Å². The van der Waals surface area contributed by atoms with E-state index in [1.165, 1.54) is 26.4 Å². The Kier molecular flexibility index (Phi) is 4.15. The van der Waals surface area contributed by atoms with Gasteiger partial charge in [0.2, 0.25) is 0 Å². The molecule has 1 aromatic carbocycles. The molecule has 0 N–H and O–H groups in total. The highest BCUT2D eigenvalue weighted by atomic mass is 35.5. The molecule has 0 unspecified atom stereocenters. The second kappa shape index (κ2) is 5.18. The number of ether oxygens (including phenoxy) is 2. The molecule has 0 atom stereocenters. The lowest BCUT2D eigenvalue weighted by molar-refractivity contribution is 0.0599. The fourth-order valence-corrected chi connectivity index (χ4v) is 1.59. The normalized spacial score (nSPS) is 9.75. The second-order valence-electron chi connectivity index (χ2n) is 2.80. The molecule has 0 aromatic heterocycles. The van der Waals surface area contributed by atoms with Gasteiger partial charge in [0.1, 0.15) is 0 Å². The van der Waals surface area contributed by atoms with Gasteiger partial charge in [-0.2, -0.15) is 0 Å². The Labute approximate surface area is 102 Å². The monoisotopic (exact) mass is 262 g/mol. The highest BCUT2D eigenvalue weighted by Gasteiger charge is 2.20. The van der Waals surface area contributed by atoms with Crippen LogP contribution in [0.5, 0.6) is 0 Å². The van der Waals surface area contributed by atoms with Crippen molar-refractivity contribution in [3.05, 3.63) is 33.3 Å². The third-order valence-corrected chi connectivity index (χ3v) is 2.47. The average molecular weight is 263 g/mol. The van der Waals surface area contributed by atoms with Crippen molar-refractivity contribution in [2.24, 2.45) is 0 Å². The van der Waals surface area contributed by atoms with Crippen LogP contribution in [0.15, 0.2) is 12.1 Å². The summed E-state index contributed by atoms with van der Waals surface area (Å²) >= 11 is 11.6. The van der Waals surface area contributed by atoms with Crippen LogP contribution in [0.4, 0.5) is 0 Å². The molecule has 86 valence electrons. The van der Waals surface area contributed by atoms with E-state index in [1.54, 1.807) is 0 Å². The summed E-state index contributed by atoms with van der Waals surface area (Å²) < 4.78 is 9.01. The molecule has 0 saturated heterocycles. The van der Waals surface area contributed by atoms with Gasteiger partial charge in [0, 0.05) is 5.02 Å². The molecule has 0 saturated carbocycles. The van der Waals surface area contributed by atoms with Crippen molar-refractivity contribution < 1.29 is 19.1 Å². The molecule has 0 aliphatic rings. The van der Waals surface area contributed by atoms with Crippen LogP contribution in [0.1, 0.15) is 20.7 Å². The van der Waals surface area contributed by atoms with Gasteiger partial charge in [-0.15, -0.1) is 0 Å². The highest BCUT2D eigenvalue weighted by molar-refractivity contribution is 6.38. The van der Waals surface area contributed by atoms with Crippen LogP contribution < -0.4 is 0 Å². The van der Waals surface area contributed by atoms with Crippen molar-refractivity contribution in [3.8, 4) is 0 Å². The average Bonchev–Trinajstić information content (AvgIpc) is 2.29. The van der Waals surface area contributed by atoms with Crippen molar-refractivity contribution in [2.75, 3.05) is 14.2 Å². The number of methoxy groups -OCH3 is 2. The predicted molar refractivity (Wildman–Crippen MR) is 59.1 cm³/mol. The molecule has 4 nitrogen and oxygen atoms in total. The Morgan fingerprint density at radius 3 is 1.69 bits per heavy atom. The van der Waals surface area contributed by atoms with Crippen LogP contribution in [0.3, 0.4) is 0 Å². The van der Waals surface area contributed by atoms with Gasteiger partial charge in [-0.1, -0.05) is 23.2 Å². The van der Waals surface area contributed by atoms with Gasteiger partial charge in [0.15, 0.2) is 0 Å². The second-order valence-corrected chi connectivity index (χ2v) is 3.61. The van der Waals surface area contributed by atoms with Crippen LogP contribution in [0.2, 0.25) is 10.0 Å². The molecule has 16 heavy (non-hydrogen) atoms. The summed E-state index contributed by atoms with van der Waals surface area (Å²) in [4.78, 5) is 22.7. The summed E-state index contributed by atoms with van der Waals surface area (Å²) in [6, 6.07) is 2.64. The lowest BCUT2D eigenvalue weighted by Gasteiger charge is -2.07. The Morgan fingerprint density at radius 1 is 1.00 bits per heavy atom. The molecule has 1 rings (SSSR count). The highest BCUT2D eigenvalue weighted by Crippen LogP contribution is 2.27. The van der Waals surface area contributed by atoms with Crippen molar-refractivity contribution in [2.45, 2.75) is 0 Å². The third kappa shape index (κ3) is 2.46. The molecule has 0 bridgehead atoms. The summed E-state index contributed by atoms with van der Waals surface area (Å²) in [6.45, 7) is 0. The SMILES string of the molecule is COC(=O)c1cc(Cl)cc(C(=O)OC)c1Cl. The Morgan fingerprint density at radius 2 is 1.38 bits per heavy atom. The lowest BCUT2D eigenvalue weighted by Crippen LogP contribution is -2.08. The molecular weight excluding hydrogens is 255 g/mol. The minimum absolute atomic E-state index is 0.0251. The molecule has 1 aromatic rings.